The summed E-state index contributed by atoms with van der Waals surface area (Å²) in [7, 11) is 0. The lowest BCUT2D eigenvalue weighted by Crippen LogP contribution is -2.23. The second-order valence-electron chi connectivity index (χ2n) is 1.14. The van der Waals surface area contributed by atoms with Crippen LogP contribution in [-0.2, 0) is 4.79 Å². The lowest BCUT2D eigenvalue weighted by molar-refractivity contribution is -0.162. The summed E-state index contributed by atoms with van der Waals surface area (Å²) in [4.78, 5) is 9.71. The van der Waals surface area contributed by atoms with Crippen molar-refractivity contribution >= 4 is 12.0 Å². The van der Waals surface area contributed by atoms with Gasteiger partial charge in [0.25, 0.3) is 5.78 Å². The Morgan fingerprint density at radius 2 is 2.00 bits per heavy atom. The molecule has 6 heteroatoms. The molecule has 9 heavy (non-hydrogen) atoms. The summed E-state index contributed by atoms with van der Waals surface area (Å²) in [6.45, 7) is 0. The van der Waals surface area contributed by atoms with Crippen molar-refractivity contribution in [3.8, 4) is 0 Å². The number of rotatable bonds is 1. The molecule has 0 aromatic rings. The molecule has 0 heterocycles. The number of Topliss-reactive ketones (excluding diaryl/α,β-unsaturated/α-hetero) is 1. The quantitative estimate of drug-likeness (QED) is 0.318. The average Bonchev–Trinajstić information content (AvgIpc) is 1.64. The zero-order chi connectivity index (χ0) is 7.49. The Bertz CT molecular complexity index is 138. The van der Waals surface area contributed by atoms with Gasteiger partial charge in [-0.3, -0.25) is 4.79 Å². The first kappa shape index (κ1) is 7.93. The summed E-state index contributed by atoms with van der Waals surface area (Å²) in [5.41, 5.74) is 0. The van der Waals surface area contributed by atoms with Crippen molar-refractivity contribution in [3.63, 3.8) is 0 Å². The van der Waals surface area contributed by atoms with E-state index in [1.54, 1.807) is 0 Å². The molecule has 0 amide bonds. The van der Waals surface area contributed by atoms with E-state index < -0.39 is 12.0 Å². The molecule has 0 saturated heterocycles. The third kappa shape index (κ3) is 2.68. The highest BCUT2D eigenvalue weighted by atomic mass is 19.4. The van der Waals surface area contributed by atoms with Gasteiger partial charge in [-0.1, -0.05) is 0 Å². The highest BCUT2D eigenvalue weighted by Gasteiger charge is 2.36. The van der Waals surface area contributed by atoms with Gasteiger partial charge in [-0.25, -0.2) is 0 Å². The molecule has 0 fully saturated rings. The number of hydrazone groups is 1. The van der Waals surface area contributed by atoms with Gasteiger partial charge in [-0.2, -0.15) is 18.3 Å². The predicted octanol–water partition coefficient (Wildman–Crippen LogP) is 0.0623. The number of nitrogens with zero attached hydrogens (tertiary/aromatic N) is 1. The number of hydrogen-bond acceptors (Lipinski definition) is 3. The number of carbonyl (C=O) groups is 1. The molecule has 0 aliphatic rings. The highest BCUT2D eigenvalue weighted by molar-refractivity contribution is 6.29. The van der Waals surface area contributed by atoms with Crippen LogP contribution in [0.5, 0.6) is 0 Å². The van der Waals surface area contributed by atoms with Crippen LogP contribution in [0, 0.1) is 0 Å². The van der Waals surface area contributed by atoms with Crippen LogP contribution in [0.25, 0.3) is 0 Å². The number of carbonyl (C=O) groups excluding carboxylic acids is 1. The lowest BCUT2D eigenvalue weighted by Gasteiger charge is -1.96. The van der Waals surface area contributed by atoms with Gasteiger partial charge in [0.05, 0.1) is 6.21 Å². The molecule has 0 aromatic carbocycles. The standard InChI is InChI=1S/C3H3F3N2O/c4-3(5,6)2(9)1-8-7/h1H,7H2/b8-1+. The Balaban J connectivity index is 4.06. The third-order valence-corrected chi connectivity index (χ3v) is 0.471. The average molecular weight is 140 g/mol. The number of ketones is 1. The Kier molecular flexibility index (Phi) is 2.18. The largest absolute Gasteiger partial charge is 0.455 e. The first-order chi connectivity index (χ1) is 3.98. The molecule has 0 aliphatic heterocycles. The lowest BCUT2D eigenvalue weighted by atomic mass is 10.4. The van der Waals surface area contributed by atoms with Gasteiger partial charge >= 0.3 is 6.18 Å². The molecule has 3 nitrogen and oxygen atoms in total. The summed E-state index contributed by atoms with van der Waals surface area (Å²) < 4.78 is 33.4. The van der Waals surface area contributed by atoms with E-state index in [2.05, 4.69) is 10.9 Å². The number of halogens is 3. The monoisotopic (exact) mass is 140 g/mol. The molecule has 2 N–H and O–H groups in total. The molecule has 0 aliphatic carbocycles. The number of alkyl halides is 3. The topological polar surface area (TPSA) is 55.4 Å². The van der Waals surface area contributed by atoms with E-state index >= 15 is 0 Å². The maximum absolute atomic E-state index is 11.1. The fourth-order valence-electron chi connectivity index (χ4n) is 0.141. The Morgan fingerprint density at radius 3 is 2.11 bits per heavy atom. The molecule has 0 rings (SSSR count). The van der Waals surface area contributed by atoms with E-state index in [0.29, 0.717) is 0 Å². The first-order valence-corrected chi connectivity index (χ1v) is 1.83. The van der Waals surface area contributed by atoms with Gasteiger partial charge < -0.3 is 5.84 Å². The molecule has 0 spiro atoms. The van der Waals surface area contributed by atoms with Crippen molar-refractivity contribution in [2.75, 3.05) is 0 Å². The zero-order valence-corrected chi connectivity index (χ0v) is 4.14. The van der Waals surface area contributed by atoms with Crippen LogP contribution in [-0.4, -0.2) is 18.2 Å². The van der Waals surface area contributed by atoms with Crippen LogP contribution in [0.4, 0.5) is 13.2 Å². The minimum absolute atomic E-state index is 0.0139. The summed E-state index contributed by atoms with van der Waals surface area (Å²) in [6, 6.07) is 0. The second-order valence-corrected chi connectivity index (χ2v) is 1.14. The van der Waals surface area contributed by atoms with Gasteiger partial charge in [0.2, 0.25) is 0 Å². The normalized spacial score (nSPS) is 12.3. The van der Waals surface area contributed by atoms with Crippen LogP contribution in [0.15, 0.2) is 5.10 Å². The molecule has 52 valence electrons. The van der Waals surface area contributed by atoms with Crippen molar-refractivity contribution in [2.45, 2.75) is 6.18 Å². The van der Waals surface area contributed by atoms with E-state index in [1.807, 2.05) is 0 Å². The van der Waals surface area contributed by atoms with Crippen molar-refractivity contribution < 1.29 is 18.0 Å². The van der Waals surface area contributed by atoms with E-state index in [4.69, 9.17) is 0 Å². The van der Waals surface area contributed by atoms with Crippen molar-refractivity contribution in [1.82, 2.24) is 0 Å². The van der Waals surface area contributed by atoms with Gasteiger partial charge in [0.1, 0.15) is 0 Å². The predicted molar refractivity (Wildman–Crippen MR) is 23.7 cm³/mol. The molecule has 0 saturated carbocycles. The van der Waals surface area contributed by atoms with Gasteiger partial charge in [0.15, 0.2) is 0 Å². The maximum Gasteiger partial charge on any atom is 0.455 e. The molecule has 0 bridgehead atoms. The van der Waals surface area contributed by atoms with Crippen LogP contribution in [0.2, 0.25) is 0 Å². The van der Waals surface area contributed by atoms with Crippen molar-refractivity contribution in [3.05, 3.63) is 0 Å². The highest BCUT2D eigenvalue weighted by Crippen LogP contribution is 2.13. The van der Waals surface area contributed by atoms with E-state index in [1.165, 1.54) is 0 Å². The smallest absolute Gasteiger partial charge is 0.323 e. The third-order valence-electron chi connectivity index (χ3n) is 0.471. The van der Waals surface area contributed by atoms with Crippen LogP contribution in [0.1, 0.15) is 0 Å². The molecule has 0 aromatic heterocycles. The van der Waals surface area contributed by atoms with Gasteiger partial charge in [-0.05, 0) is 0 Å². The summed E-state index contributed by atoms with van der Waals surface area (Å²) in [5, 5.41) is 2.41. The second kappa shape index (κ2) is 2.47. The SMILES string of the molecule is N/N=C/C(=O)C(F)(F)F. The maximum atomic E-state index is 11.1. The Morgan fingerprint density at radius 1 is 1.56 bits per heavy atom. The van der Waals surface area contributed by atoms with E-state index in [0.717, 1.165) is 0 Å². The Hall–Kier alpha value is -1.07. The van der Waals surface area contributed by atoms with Gasteiger partial charge in [-0.15, -0.1) is 0 Å². The molecular weight excluding hydrogens is 137 g/mol. The van der Waals surface area contributed by atoms with Crippen LogP contribution in [0.3, 0.4) is 0 Å². The summed E-state index contributed by atoms with van der Waals surface area (Å²) in [5.74, 6) is 2.22. The van der Waals surface area contributed by atoms with Crippen LogP contribution >= 0.6 is 0 Å². The van der Waals surface area contributed by atoms with E-state index in [-0.39, 0.29) is 6.21 Å². The minimum Gasteiger partial charge on any atom is -0.323 e. The summed E-state index contributed by atoms with van der Waals surface area (Å²) >= 11 is 0. The Labute approximate surface area is 48.3 Å². The van der Waals surface area contributed by atoms with Crippen molar-refractivity contribution in [1.29, 1.82) is 0 Å². The number of nitrogens with two attached hydrogens (primary N) is 1. The fraction of sp³-hybridized carbons (Fsp3) is 0.333. The molecule has 0 radical (unpaired) electrons. The van der Waals surface area contributed by atoms with Crippen molar-refractivity contribution in [2.24, 2.45) is 10.9 Å². The fourth-order valence-corrected chi connectivity index (χ4v) is 0.141. The molecular formula is C3H3F3N2O. The first-order valence-electron chi connectivity index (χ1n) is 1.83. The molecule has 0 atom stereocenters. The zero-order valence-electron chi connectivity index (χ0n) is 4.14. The van der Waals surface area contributed by atoms with Gasteiger partial charge in [0, 0.05) is 0 Å². The number of hydrogen-bond donors (Lipinski definition) is 1. The van der Waals surface area contributed by atoms with Crippen LogP contribution < -0.4 is 5.84 Å². The minimum atomic E-state index is -4.86. The summed E-state index contributed by atoms with van der Waals surface area (Å²) in [6.07, 6.45) is -4.84. The molecule has 0 unspecified atom stereocenters. The van der Waals surface area contributed by atoms with E-state index in [9.17, 15) is 18.0 Å².